The minimum Gasteiger partial charge on any atom is -0.494 e. The molecule has 0 saturated carbocycles. The van der Waals surface area contributed by atoms with Crippen LogP contribution < -0.4 is 9.46 Å². The maximum Gasteiger partial charge on any atom is 0.222 e. The summed E-state index contributed by atoms with van der Waals surface area (Å²) in [6.45, 7) is 4.13. The van der Waals surface area contributed by atoms with E-state index in [1.165, 1.54) is 0 Å². The van der Waals surface area contributed by atoms with Gasteiger partial charge in [-0.25, -0.2) is 13.1 Å². The van der Waals surface area contributed by atoms with E-state index in [2.05, 4.69) is 4.72 Å². The first-order chi connectivity index (χ1) is 12.2. The second kappa shape index (κ2) is 9.58. The van der Waals surface area contributed by atoms with Gasteiger partial charge in [-0.1, -0.05) is 11.6 Å². The molecule has 1 aromatic rings. The maximum atomic E-state index is 12.4. The maximum absolute atomic E-state index is 12.4. The van der Waals surface area contributed by atoms with Crippen LogP contribution in [0.2, 0.25) is 5.02 Å². The van der Waals surface area contributed by atoms with Crippen LogP contribution in [0, 0.1) is 12.8 Å². The summed E-state index contributed by atoms with van der Waals surface area (Å²) >= 11 is 5.99. The lowest BCUT2D eigenvalue weighted by Gasteiger charge is -2.32. The fraction of sp³-hybridized carbons (Fsp3) is 0.611. The Kier molecular flexibility index (Phi) is 7.73. The number of carbonyl (C=O) groups excluding carboxylic acids is 1. The lowest BCUT2D eigenvalue weighted by molar-refractivity contribution is -0.133. The van der Waals surface area contributed by atoms with Crippen LogP contribution in [0.25, 0.3) is 0 Å². The van der Waals surface area contributed by atoms with Crippen LogP contribution in [-0.2, 0) is 14.8 Å². The molecule has 1 aliphatic heterocycles. The second-order valence-electron chi connectivity index (χ2n) is 6.83. The zero-order valence-electron chi connectivity index (χ0n) is 15.3. The zero-order valence-corrected chi connectivity index (χ0v) is 16.9. The van der Waals surface area contributed by atoms with E-state index in [0.29, 0.717) is 37.6 Å². The van der Waals surface area contributed by atoms with Crippen molar-refractivity contribution in [3.63, 3.8) is 0 Å². The zero-order chi connectivity index (χ0) is 19.2. The number of rotatable bonds is 8. The molecule has 1 aromatic carbocycles. The molecule has 1 N–H and O–H groups in total. The molecule has 1 unspecified atom stereocenters. The Bertz CT molecular complexity index is 724. The van der Waals surface area contributed by atoms with Crippen LogP contribution in [0.4, 0.5) is 0 Å². The Morgan fingerprint density at radius 2 is 2.19 bits per heavy atom. The third-order valence-corrected chi connectivity index (χ3v) is 5.55. The van der Waals surface area contributed by atoms with Crippen molar-refractivity contribution in [2.75, 3.05) is 32.5 Å². The number of benzene rings is 1. The third-order valence-electron chi connectivity index (χ3n) is 4.44. The van der Waals surface area contributed by atoms with Gasteiger partial charge in [0.1, 0.15) is 5.75 Å². The third kappa shape index (κ3) is 7.13. The number of likely N-dealkylation sites (tertiary alicyclic amines) is 1. The molecule has 2 rings (SSSR count). The standard InChI is InChI=1S/C18H27ClN2O4S/c1-14-11-16(7-8-17(14)19)25-10-4-6-18(22)21-9-3-5-15(13-21)12-20-26(2,23)24/h7-8,11,15,20H,3-6,9-10,12-13H2,1-2H3. The highest BCUT2D eigenvalue weighted by Gasteiger charge is 2.23. The van der Waals surface area contributed by atoms with Gasteiger partial charge in [0.15, 0.2) is 0 Å². The number of halogens is 1. The van der Waals surface area contributed by atoms with Crippen LogP contribution >= 0.6 is 11.6 Å². The lowest BCUT2D eigenvalue weighted by Crippen LogP contribution is -2.43. The SMILES string of the molecule is Cc1cc(OCCCC(=O)N2CCCC(CNS(C)(=O)=O)C2)ccc1Cl. The Hall–Kier alpha value is -1.31. The first-order valence-electron chi connectivity index (χ1n) is 8.86. The van der Waals surface area contributed by atoms with Gasteiger partial charge in [-0.2, -0.15) is 0 Å². The van der Waals surface area contributed by atoms with Gasteiger partial charge < -0.3 is 9.64 Å². The molecule has 1 fully saturated rings. The fourth-order valence-corrected chi connectivity index (χ4v) is 3.66. The molecule has 146 valence electrons. The van der Waals surface area contributed by atoms with Gasteiger partial charge in [0.25, 0.3) is 0 Å². The summed E-state index contributed by atoms with van der Waals surface area (Å²) in [6, 6.07) is 5.51. The number of carbonyl (C=O) groups is 1. The van der Waals surface area contributed by atoms with Crippen LogP contribution in [0.5, 0.6) is 5.75 Å². The minimum atomic E-state index is -3.19. The highest BCUT2D eigenvalue weighted by atomic mass is 35.5. The Balaban J connectivity index is 1.70. The van der Waals surface area contributed by atoms with E-state index in [9.17, 15) is 13.2 Å². The summed E-state index contributed by atoms with van der Waals surface area (Å²) in [6.07, 6.45) is 4.07. The largest absolute Gasteiger partial charge is 0.494 e. The number of nitrogens with zero attached hydrogens (tertiary/aromatic N) is 1. The number of aryl methyl sites for hydroxylation is 1. The summed E-state index contributed by atoms with van der Waals surface area (Å²) in [5, 5.41) is 0.706. The topological polar surface area (TPSA) is 75.7 Å². The quantitative estimate of drug-likeness (QED) is 0.678. The van der Waals surface area contributed by atoms with Crippen molar-refractivity contribution in [3.8, 4) is 5.75 Å². The molecule has 1 atom stereocenters. The number of nitrogens with one attached hydrogen (secondary N) is 1. The van der Waals surface area contributed by atoms with Gasteiger partial charge in [0.05, 0.1) is 12.9 Å². The van der Waals surface area contributed by atoms with Crippen molar-refractivity contribution >= 4 is 27.5 Å². The molecule has 0 aromatic heterocycles. The van der Waals surface area contributed by atoms with Crippen molar-refractivity contribution in [1.82, 2.24) is 9.62 Å². The van der Waals surface area contributed by atoms with Gasteiger partial charge in [0.2, 0.25) is 15.9 Å². The molecule has 26 heavy (non-hydrogen) atoms. The van der Waals surface area contributed by atoms with Crippen molar-refractivity contribution in [3.05, 3.63) is 28.8 Å². The molecule has 6 nitrogen and oxygen atoms in total. The molecular weight excluding hydrogens is 376 g/mol. The van der Waals surface area contributed by atoms with Gasteiger partial charge >= 0.3 is 0 Å². The average Bonchev–Trinajstić information content (AvgIpc) is 2.59. The molecule has 8 heteroatoms. The molecule has 1 heterocycles. The van der Waals surface area contributed by atoms with E-state index >= 15 is 0 Å². The molecule has 1 amide bonds. The molecule has 0 bridgehead atoms. The predicted molar refractivity (Wildman–Crippen MR) is 103 cm³/mol. The van der Waals surface area contributed by atoms with Gasteiger partial charge in [-0.3, -0.25) is 4.79 Å². The Morgan fingerprint density at radius 1 is 1.42 bits per heavy atom. The summed E-state index contributed by atoms with van der Waals surface area (Å²) in [4.78, 5) is 14.2. The normalized spacial score (nSPS) is 18.0. The number of piperidine rings is 1. The molecule has 1 saturated heterocycles. The number of hydrogen-bond acceptors (Lipinski definition) is 4. The first-order valence-corrected chi connectivity index (χ1v) is 11.1. The van der Waals surface area contributed by atoms with Gasteiger partial charge in [-0.15, -0.1) is 0 Å². The average molecular weight is 403 g/mol. The summed E-state index contributed by atoms with van der Waals surface area (Å²) in [7, 11) is -3.19. The number of amides is 1. The lowest BCUT2D eigenvalue weighted by atomic mass is 9.98. The summed E-state index contributed by atoms with van der Waals surface area (Å²) in [5.74, 6) is 1.03. The van der Waals surface area contributed by atoms with Gasteiger partial charge in [-0.05, 0) is 55.9 Å². The first kappa shape index (κ1) is 21.0. The summed E-state index contributed by atoms with van der Waals surface area (Å²) < 4.78 is 30.6. The Morgan fingerprint density at radius 3 is 2.88 bits per heavy atom. The second-order valence-corrected chi connectivity index (χ2v) is 9.07. The van der Waals surface area contributed by atoms with Crippen LogP contribution in [-0.4, -0.2) is 51.7 Å². The van der Waals surface area contributed by atoms with Crippen LogP contribution in [0.3, 0.4) is 0 Å². The van der Waals surface area contributed by atoms with E-state index in [1.807, 2.05) is 24.0 Å². The molecule has 0 aliphatic carbocycles. The Labute approximate surface area is 160 Å². The monoisotopic (exact) mass is 402 g/mol. The minimum absolute atomic E-state index is 0.102. The molecule has 1 aliphatic rings. The van der Waals surface area contributed by atoms with Crippen molar-refractivity contribution < 1.29 is 17.9 Å². The molecule has 0 radical (unpaired) electrons. The summed E-state index contributed by atoms with van der Waals surface area (Å²) in [5.41, 5.74) is 0.960. The van der Waals surface area contributed by atoms with Crippen molar-refractivity contribution in [2.45, 2.75) is 32.6 Å². The number of ether oxygens (including phenoxy) is 1. The molecule has 0 spiro atoms. The van der Waals surface area contributed by atoms with Gasteiger partial charge in [0, 0.05) is 31.1 Å². The van der Waals surface area contributed by atoms with Crippen LogP contribution in [0.15, 0.2) is 18.2 Å². The van der Waals surface area contributed by atoms with E-state index in [4.69, 9.17) is 16.3 Å². The number of sulfonamides is 1. The molecular formula is C18H27ClN2O4S. The predicted octanol–water partition coefficient (Wildman–Crippen LogP) is 2.60. The number of hydrogen-bond donors (Lipinski definition) is 1. The van der Waals surface area contributed by atoms with E-state index in [-0.39, 0.29) is 11.8 Å². The van der Waals surface area contributed by atoms with Crippen LogP contribution in [0.1, 0.15) is 31.2 Å². The fourth-order valence-electron chi connectivity index (χ4n) is 3.01. The van der Waals surface area contributed by atoms with E-state index in [0.717, 1.165) is 37.0 Å². The van der Waals surface area contributed by atoms with E-state index in [1.54, 1.807) is 6.07 Å². The smallest absolute Gasteiger partial charge is 0.222 e. The highest BCUT2D eigenvalue weighted by Crippen LogP contribution is 2.21. The van der Waals surface area contributed by atoms with Crippen molar-refractivity contribution in [2.24, 2.45) is 5.92 Å². The highest BCUT2D eigenvalue weighted by molar-refractivity contribution is 7.88. The van der Waals surface area contributed by atoms with Crippen molar-refractivity contribution in [1.29, 1.82) is 0 Å². The van der Waals surface area contributed by atoms with E-state index < -0.39 is 10.0 Å².